The maximum absolute atomic E-state index is 13.3. The van der Waals surface area contributed by atoms with Gasteiger partial charge < -0.3 is 10.2 Å². The Morgan fingerprint density at radius 3 is 1.20 bits per heavy atom. The van der Waals surface area contributed by atoms with Gasteiger partial charge in [0.1, 0.15) is 11.5 Å². The number of hydrogen-bond acceptors (Lipinski definition) is 6. The molecule has 2 aliphatic rings. The van der Waals surface area contributed by atoms with Crippen LogP contribution in [0, 0.1) is 13.8 Å². The summed E-state index contributed by atoms with van der Waals surface area (Å²) in [5, 5.41) is 20.7. The number of aromatic hydroxyl groups is 2. The van der Waals surface area contributed by atoms with Gasteiger partial charge in [0, 0.05) is 33.4 Å². The average Bonchev–Trinajstić information content (AvgIpc) is 2.65. The van der Waals surface area contributed by atoms with Gasteiger partial charge in [-0.2, -0.15) is 0 Å². The van der Waals surface area contributed by atoms with Gasteiger partial charge in [-0.3, -0.25) is 19.2 Å². The van der Waals surface area contributed by atoms with E-state index >= 15 is 0 Å². The highest BCUT2D eigenvalue weighted by Crippen LogP contribution is 2.41. The first-order chi connectivity index (χ1) is 14.0. The van der Waals surface area contributed by atoms with Crippen molar-refractivity contribution >= 4 is 23.1 Å². The minimum absolute atomic E-state index is 0.0167. The van der Waals surface area contributed by atoms with E-state index in [1.165, 1.54) is 38.1 Å². The predicted octanol–water partition coefficient (Wildman–Crippen LogP) is 3.81. The van der Waals surface area contributed by atoms with Gasteiger partial charge in [0.25, 0.3) is 0 Å². The smallest absolute Gasteiger partial charge is 0.198 e. The lowest BCUT2D eigenvalue weighted by Gasteiger charge is -2.26. The van der Waals surface area contributed by atoms with Crippen molar-refractivity contribution in [2.45, 2.75) is 27.7 Å². The lowest BCUT2D eigenvalue weighted by Crippen LogP contribution is -2.29. The van der Waals surface area contributed by atoms with Gasteiger partial charge in [-0.1, -0.05) is 0 Å². The number of phenolic OH excluding ortho intramolecular Hbond substituents is 2. The van der Waals surface area contributed by atoms with Crippen molar-refractivity contribution in [1.29, 1.82) is 0 Å². The molecule has 0 radical (unpaired) electrons. The molecule has 6 nitrogen and oxygen atoms in total. The van der Waals surface area contributed by atoms with Crippen LogP contribution in [-0.4, -0.2) is 33.3 Å². The standard InChI is InChI=1S/C24H18O6/c1-9-5-13-19(15(25)7-9)23(29)17(11(3)21(13)27)18-12(4)22(28)14-6-10(2)8-16(26)20(14)24(18)30/h5-8,25-26H,1-4H3. The lowest BCUT2D eigenvalue weighted by atomic mass is 9.74. The number of hydrogen-bond donors (Lipinski definition) is 2. The van der Waals surface area contributed by atoms with E-state index in [4.69, 9.17) is 0 Å². The fraction of sp³-hybridized carbons (Fsp3) is 0.167. The second kappa shape index (κ2) is 6.35. The molecule has 0 fully saturated rings. The fourth-order valence-corrected chi connectivity index (χ4v) is 4.19. The third-order valence-corrected chi connectivity index (χ3v) is 5.60. The van der Waals surface area contributed by atoms with Gasteiger partial charge in [0.15, 0.2) is 23.1 Å². The van der Waals surface area contributed by atoms with Gasteiger partial charge in [0.2, 0.25) is 0 Å². The summed E-state index contributed by atoms with van der Waals surface area (Å²) < 4.78 is 0. The van der Waals surface area contributed by atoms with E-state index in [0.29, 0.717) is 11.1 Å². The molecule has 0 saturated heterocycles. The second-order valence-corrected chi connectivity index (χ2v) is 7.73. The van der Waals surface area contributed by atoms with E-state index in [-0.39, 0.29) is 56.0 Å². The van der Waals surface area contributed by atoms with Crippen LogP contribution in [-0.2, 0) is 0 Å². The molecule has 0 saturated carbocycles. The summed E-state index contributed by atoms with van der Waals surface area (Å²) in [7, 11) is 0. The Balaban J connectivity index is 2.01. The molecule has 0 atom stereocenters. The number of benzene rings is 2. The minimum Gasteiger partial charge on any atom is -0.507 e. The first-order valence-electron chi connectivity index (χ1n) is 9.32. The number of aryl methyl sites for hydroxylation is 2. The van der Waals surface area contributed by atoms with Crippen molar-refractivity contribution in [1.82, 2.24) is 0 Å². The summed E-state index contributed by atoms with van der Waals surface area (Å²) >= 11 is 0. The predicted molar refractivity (Wildman–Crippen MR) is 108 cm³/mol. The Bertz CT molecular complexity index is 1200. The summed E-state index contributed by atoms with van der Waals surface area (Å²) in [4.78, 5) is 52.6. The molecule has 0 aliphatic heterocycles. The fourth-order valence-electron chi connectivity index (χ4n) is 4.19. The van der Waals surface area contributed by atoms with E-state index in [0.717, 1.165) is 0 Å². The molecule has 0 bridgehead atoms. The zero-order valence-corrected chi connectivity index (χ0v) is 16.8. The lowest BCUT2D eigenvalue weighted by molar-refractivity contribution is 0.0950. The monoisotopic (exact) mass is 402 g/mol. The molecule has 0 spiro atoms. The Kier molecular flexibility index (Phi) is 4.13. The molecule has 150 valence electrons. The maximum Gasteiger partial charge on any atom is 0.198 e. The van der Waals surface area contributed by atoms with Crippen LogP contribution in [0.15, 0.2) is 46.6 Å². The molecule has 2 aromatic rings. The molecule has 6 heteroatoms. The van der Waals surface area contributed by atoms with Gasteiger partial charge in [-0.05, 0) is 63.1 Å². The molecular formula is C24H18O6. The Labute approximate surface area is 172 Å². The van der Waals surface area contributed by atoms with E-state index in [9.17, 15) is 29.4 Å². The summed E-state index contributed by atoms with van der Waals surface area (Å²) in [6, 6.07) is 5.74. The molecule has 2 aliphatic carbocycles. The number of Topliss-reactive ketones (excluding diaryl/α,β-unsaturated/α-hetero) is 4. The SMILES string of the molecule is CC1=C(C2=C(C)C(=O)c3cc(C)cc(O)c3C2=O)C(=O)c2c(O)cc(C)cc2C1=O. The van der Waals surface area contributed by atoms with Crippen LogP contribution in [0.2, 0.25) is 0 Å². The number of fused-ring (bicyclic) bond motifs is 2. The van der Waals surface area contributed by atoms with Crippen molar-refractivity contribution in [2.24, 2.45) is 0 Å². The van der Waals surface area contributed by atoms with Crippen molar-refractivity contribution < 1.29 is 29.4 Å². The van der Waals surface area contributed by atoms with Crippen LogP contribution in [0.5, 0.6) is 11.5 Å². The molecule has 0 amide bonds. The zero-order chi connectivity index (χ0) is 22.1. The molecule has 2 aromatic carbocycles. The zero-order valence-electron chi connectivity index (χ0n) is 16.8. The van der Waals surface area contributed by atoms with Gasteiger partial charge in [-0.15, -0.1) is 0 Å². The van der Waals surface area contributed by atoms with Crippen LogP contribution in [0.4, 0.5) is 0 Å². The summed E-state index contributed by atoms with van der Waals surface area (Å²) in [5.74, 6) is -3.13. The Hall–Kier alpha value is -3.80. The van der Waals surface area contributed by atoms with Crippen LogP contribution in [0.1, 0.15) is 66.4 Å². The molecule has 0 aromatic heterocycles. The molecule has 4 rings (SSSR count). The van der Waals surface area contributed by atoms with E-state index < -0.39 is 23.1 Å². The van der Waals surface area contributed by atoms with Crippen LogP contribution < -0.4 is 0 Å². The van der Waals surface area contributed by atoms with Crippen molar-refractivity contribution in [3.8, 4) is 11.5 Å². The number of carbonyl (C=O) groups is 4. The molecule has 2 N–H and O–H groups in total. The number of rotatable bonds is 1. The van der Waals surface area contributed by atoms with Crippen molar-refractivity contribution in [2.75, 3.05) is 0 Å². The first-order valence-corrected chi connectivity index (χ1v) is 9.32. The van der Waals surface area contributed by atoms with E-state index in [1.54, 1.807) is 13.8 Å². The van der Waals surface area contributed by atoms with Gasteiger partial charge >= 0.3 is 0 Å². The van der Waals surface area contributed by atoms with Gasteiger partial charge in [0.05, 0.1) is 11.1 Å². The van der Waals surface area contributed by atoms with E-state index in [1.807, 2.05) is 0 Å². The first kappa shape index (κ1) is 19.5. The largest absolute Gasteiger partial charge is 0.507 e. The van der Waals surface area contributed by atoms with Crippen molar-refractivity contribution in [3.05, 3.63) is 79.9 Å². The number of carbonyl (C=O) groups excluding carboxylic acids is 4. The van der Waals surface area contributed by atoms with E-state index in [2.05, 4.69) is 0 Å². The van der Waals surface area contributed by atoms with Crippen LogP contribution in [0.3, 0.4) is 0 Å². The summed E-state index contributed by atoms with van der Waals surface area (Å²) in [5.41, 5.74) is 0.564. The van der Waals surface area contributed by atoms with Crippen molar-refractivity contribution in [3.63, 3.8) is 0 Å². The van der Waals surface area contributed by atoms with Crippen LogP contribution >= 0.6 is 0 Å². The number of phenols is 2. The van der Waals surface area contributed by atoms with Gasteiger partial charge in [-0.25, -0.2) is 0 Å². The minimum atomic E-state index is -0.704. The maximum atomic E-state index is 13.3. The number of ketones is 4. The molecule has 0 heterocycles. The average molecular weight is 402 g/mol. The quantitative estimate of drug-likeness (QED) is 0.751. The molecule has 30 heavy (non-hydrogen) atoms. The summed E-state index contributed by atoms with van der Waals surface area (Å²) in [6.07, 6.45) is 0. The number of allylic oxidation sites excluding steroid dienone is 4. The highest BCUT2D eigenvalue weighted by molar-refractivity contribution is 6.37. The van der Waals surface area contributed by atoms with Crippen LogP contribution in [0.25, 0.3) is 0 Å². The summed E-state index contributed by atoms with van der Waals surface area (Å²) in [6.45, 7) is 6.20. The third kappa shape index (κ3) is 2.50. The second-order valence-electron chi connectivity index (χ2n) is 7.73. The highest BCUT2D eigenvalue weighted by Gasteiger charge is 2.41. The third-order valence-electron chi connectivity index (χ3n) is 5.60. The Morgan fingerprint density at radius 2 is 0.867 bits per heavy atom. The molecule has 0 unspecified atom stereocenters. The normalized spacial score (nSPS) is 16.3. The topological polar surface area (TPSA) is 109 Å². The highest BCUT2D eigenvalue weighted by atomic mass is 16.3. The molecular weight excluding hydrogens is 384 g/mol. The Morgan fingerprint density at radius 1 is 0.533 bits per heavy atom.